The van der Waals surface area contributed by atoms with Gasteiger partial charge in [0.2, 0.25) is 0 Å². The highest BCUT2D eigenvalue weighted by Gasteiger charge is 2.60. The van der Waals surface area contributed by atoms with Gasteiger partial charge in [0.25, 0.3) is 5.91 Å². The molecule has 1 fully saturated rings. The number of phenols is 1. The van der Waals surface area contributed by atoms with Crippen LogP contribution in [0.1, 0.15) is 43.1 Å². The fourth-order valence-electron chi connectivity index (χ4n) is 5.51. The zero-order chi connectivity index (χ0) is 25.4. The number of aromatic hydroxyl groups is 1. The monoisotopic (exact) mass is 488 g/mol. The Kier molecular flexibility index (Phi) is 6.22. The maximum atomic E-state index is 13.8. The molecule has 2 atom stereocenters. The molecule has 188 valence electrons. The van der Waals surface area contributed by atoms with Crippen molar-refractivity contribution in [3.05, 3.63) is 71.9 Å². The lowest BCUT2D eigenvalue weighted by Gasteiger charge is -2.42. The van der Waals surface area contributed by atoms with Gasteiger partial charge in [-0.2, -0.15) is 0 Å². The lowest BCUT2D eigenvalue weighted by molar-refractivity contribution is -0.133. The van der Waals surface area contributed by atoms with Crippen molar-refractivity contribution in [2.75, 3.05) is 26.2 Å². The molecule has 2 aromatic carbocycles. The molecule has 8 nitrogen and oxygen atoms in total. The number of hydrogen-bond donors (Lipinski definition) is 3. The number of nitrogens with one attached hydrogen (secondary N) is 2. The molecule has 2 aliphatic rings. The molecule has 36 heavy (non-hydrogen) atoms. The minimum absolute atomic E-state index is 0.109. The van der Waals surface area contributed by atoms with E-state index in [-0.39, 0.29) is 24.2 Å². The normalized spacial score (nSPS) is 21.1. The number of aromatic amines is 1. The smallest absolute Gasteiger partial charge is 0.328 e. The van der Waals surface area contributed by atoms with Crippen molar-refractivity contribution in [3.8, 4) is 11.5 Å². The van der Waals surface area contributed by atoms with Gasteiger partial charge in [0.1, 0.15) is 23.1 Å². The van der Waals surface area contributed by atoms with Gasteiger partial charge >= 0.3 is 6.03 Å². The first-order valence-corrected chi connectivity index (χ1v) is 12.4. The molecule has 0 saturated carbocycles. The van der Waals surface area contributed by atoms with E-state index >= 15 is 0 Å². The second-order valence-electron chi connectivity index (χ2n) is 9.54. The molecule has 0 radical (unpaired) electrons. The van der Waals surface area contributed by atoms with Gasteiger partial charge in [-0.05, 0) is 68.3 Å². The molecule has 3 amide bonds. The zero-order valence-corrected chi connectivity index (χ0v) is 20.7. The van der Waals surface area contributed by atoms with E-state index in [1.165, 1.54) is 4.90 Å². The van der Waals surface area contributed by atoms with Gasteiger partial charge in [-0.25, -0.2) is 4.79 Å². The molecule has 0 spiro atoms. The maximum Gasteiger partial charge on any atom is 0.328 e. The molecule has 0 bridgehead atoms. The highest BCUT2D eigenvalue weighted by atomic mass is 16.5. The number of aromatic nitrogens is 1. The quantitative estimate of drug-likeness (QED) is 0.239. The van der Waals surface area contributed by atoms with Crippen LogP contribution in [0, 0.1) is 0 Å². The third-order valence-electron chi connectivity index (χ3n) is 7.17. The topological polar surface area (TPSA) is 97.9 Å². The van der Waals surface area contributed by atoms with Crippen molar-refractivity contribution < 1.29 is 19.4 Å². The number of fused-ring (bicyclic) bond motifs is 4. The van der Waals surface area contributed by atoms with Gasteiger partial charge in [-0.1, -0.05) is 18.2 Å². The molecule has 1 saturated heterocycles. The number of urea groups is 1. The molecule has 8 heteroatoms. The van der Waals surface area contributed by atoms with E-state index in [9.17, 15) is 14.7 Å². The van der Waals surface area contributed by atoms with Gasteiger partial charge < -0.3 is 20.1 Å². The fraction of sp³-hybridized carbons (Fsp3) is 0.357. The summed E-state index contributed by atoms with van der Waals surface area (Å²) in [5.74, 6) is 0.663. The number of benzene rings is 2. The van der Waals surface area contributed by atoms with E-state index in [1.54, 1.807) is 23.1 Å². The minimum Gasteiger partial charge on any atom is -0.508 e. The summed E-state index contributed by atoms with van der Waals surface area (Å²) in [5.41, 5.74) is 2.45. The number of imide groups is 1. The molecule has 3 aromatic rings. The number of amides is 3. The zero-order valence-electron chi connectivity index (χ0n) is 20.7. The second kappa shape index (κ2) is 9.35. The van der Waals surface area contributed by atoms with Crippen LogP contribution in [0.15, 0.2) is 55.1 Å². The maximum absolute atomic E-state index is 13.8. The number of nitrogens with zero attached hydrogens (tertiary/aromatic N) is 2. The molecule has 1 aromatic heterocycles. The van der Waals surface area contributed by atoms with Gasteiger partial charge in [0.05, 0.1) is 6.61 Å². The van der Waals surface area contributed by atoms with Crippen LogP contribution in [0.25, 0.3) is 10.9 Å². The Hall–Kier alpha value is -3.78. The first kappa shape index (κ1) is 23.9. The van der Waals surface area contributed by atoms with E-state index in [2.05, 4.69) is 16.9 Å². The highest BCUT2D eigenvalue weighted by Crippen LogP contribution is 2.49. The fourth-order valence-corrected chi connectivity index (χ4v) is 5.51. The molecule has 0 unspecified atom stereocenters. The van der Waals surface area contributed by atoms with Crippen molar-refractivity contribution in [1.82, 2.24) is 20.1 Å². The Morgan fingerprint density at radius 3 is 2.83 bits per heavy atom. The van der Waals surface area contributed by atoms with Crippen LogP contribution >= 0.6 is 0 Å². The predicted octanol–water partition coefficient (Wildman–Crippen LogP) is 4.11. The van der Waals surface area contributed by atoms with E-state index < -0.39 is 11.6 Å². The molecule has 0 aliphatic carbocycles. The summed E-state index contributed by atoms with van der Waals surface area (Å²) < 4.78 is 5.74. The van der Waals surface area contributed by atoms with Crippen molar-refractivity contribution in [3.63, 3.8) is 0 Å². The Labute approximate surface area is 210 Å². The Morgan fingerprint density at radius 1 is 1.25 bits per heavy atom. The highest BCUT2D eigenvalue weighted by molar-refractivity contribution is 6.08. The number of ether oxygens (including phenoxy) is 1. The Morgan fingerprint density at radius 2 is 2.08 bits per heavy atom. The molecule has 2 aliphatic heterocycles. The van der Waals surface area contributed by atoms with E-state index in [0.717, 1.165) is 46.4 Å². The largest absolute Gasteiger partial charge is 0.508 e. The molecule has 5 rings (SSSR count). The average molecular weight is 489 g/mol. The van der Waals surface area contributed by atoms with Crippen LogP contribution in [0.2, 0.25) is 0 Å². The predicted molar refractivity (Wildman–Crippen MR) is 138 cm³/mol. The van der Waals surface area contributed by atoms with Gasteiger partial charge in [0.15, 0.2) is 0 Å². The van der Waals surface area contributed by atoms with Crippen molar-refractivity contribution >= 4 is 22.8 Å². The number of rotatable bonds is 9. The van der Waals surface area contributed by atoms with Crippen LogP contribution in [-0.2, 0) is 11.2 Å². The number of carbonyl (C=O) groups excluding carboxylic acids is 2. The summed E-state index contributed by atoms with van der Waals surface area (Å²) in [5, 5.41) is 14.5. The third-order valence-corrected chi connectivity index (χ3v) is 7.17. The SMILES string of the molecule is C=CCCNCCN1C(=O)N2[C@H](c3cccc(O)c3)c3[nH]c4ccc(OCC)cc4c3C[C@@]2(C)C1=O. The average Bonchev–Trinajstić information content (AvgIpc) is 3.30. The van der Waals surface area contributed by atoms with Crippen LogP contribution in [0.3, 0.4) is 0 Å². The van der Waals surface area contributed by atoms with E-state index in [4.69, 9.17) is 4.74 Å². The summed E-state index contributed by atoms with van der Waals surface area (Å²) in [6.07, 6.45) is 3.03. The van der Waals surface area contributed by atoms with Crippen LogP contribution in [-0.4, -0.2) is 63.6 Å². The lowest BCUT2D eigenvalue weighted by atomic mass is 9.81. The van der Waals surface area contributed by atoms with E-state index in [1.807, 2.05) is 44.2 Å². The summed E-state index contributed by atoms with van der Waals surface area (Å²) in [6.45, 7) is 9.61. The Balaban J connectivity index is 1.60. The van der Waals surface area contributed by atoms with Crippen LogP contribution < -0.4 is 10.1 Å². The summed E-state index contributed by atoms with van der Waals surface area (Å²) >= 11 is 0. The van der Waals surface area contributed by atoms with Crippen molar-refractivity contribution in [1.29, 1.82) is 0 Å². The molecular weight excluding hydrogens is 456 g/mol. The standard InChI is InChI=1S/C28H32N4O4/c1-4-6-12-29-13-14-31-26(34)28(3)17-22-21-16-20(36-5-2)10-11-23(21)30-24(22)25(32(28)27(31)35)18-8-7-9-19(33)15-18/h4,7-11,15-16,25,29-30,33H,1,5-6,12-14,17H2,2-3H3/t25-,28+/m1/s1. The Bertz CT molecular complexity index is 1330. The van der Waals surface area contributed by atoms with Gasteiger partial charge in [0, 0.05) is 36.1 Å². The summed E-state index contributed by atoms with van der Waals surface area (Å²) in [6, 6.07) is 11.9. The molecule has 3 heterocycles. The summed E-state index contributed by atoms with van der Waals surface area (Å²) in [7, 11) is 0. The van der Waals surface area contributed by atoms with Gasteiger partial charge in [-0.3, -0.25) is 14.6 Å². The number of H-pyrrole nitrogens is 1. The third kappa shape index (κ3) is 3.82. The van der Waals surface area contributed by atoms with E-state index in [0.29, 0.717) is 19.6 Å². The number of carbonyl (C=O) groups is 2. The minimum atomic E-state index is -1.06. The first-order chi connectivity index (χ1) is 17.4. The first-order valence-electron chi connectivity index (χ1n) is 12.4. The molecule has 3 N–H and O–H groups in total. The lowest BCUT2D eigenvalue weighted by Crippen LogP contribution is -2.53. The number of phenolic OH excluding ortho intramolecular Hbond substituents is 1. The van der Waals surface area contributed by atoms with Crippen molar-refractivity contribution in [2.45, 2.75) is 38.3 Å². The molecular formula is C28H32N4O4. The van der Waals surface area contributed by atoms with Crippen LogP contribution in [0.4, 0.5) is 4.79 Å². The van der Waals surface area contributed by atoms with Crippen molar-refractivity contribution in [2.24, 2.45) is 0 Å². The summed E-state index contributed by atoms with van der Waals surface area (Å²) in [4.78, 5) is 34.2. The van der Waals surface area contributed by atoms with Crippen LogP contribution in [0.5, 0.6) is 11.5 Å². The number of hydrogen-bond acceptors (Lipinski definition) is 5. The second-order valence-corrected chi connectivity index (χ2v) is 9.54. The van der Waals surface area contributed by atoms with Gasteiger partial charge in [-0.15, -0.1) is 6.58 Å².